The number of thiol groups is 1. The van der Waals surface area contributed by atoms with Gasteiger partial charge in [0.15, 0.2) is 0 Å². The molecule has 0 fully saturated rings. The fourth-order valence-corrected chi connectivity index (χ4v) is 3.37. The van der Waals surface area contributed by atoms with Crippen LogP contribution >= 0.6 is 12.6 Å². The van der Waals surface area contributed by atoms with Crippen LogP contribution in [0.15, 0.2) is 0 Å². The zero-order chi connectivity index (χ0) is 17.2. The molecule has 23 heavy (non-hydrogen) atoms. The van der Waals surface area contributed by atoms with Gasteiger partial charge in [-0.25, -0.2) is 0 Å². The Balaban J connectivity index is 3.18. The Labute approximate surface area is 151 Å². The third-order valence-electron chi connectivity index (χ3n) is 4.73. The molecule has 0 radical (unpaired) electrons. The molecule has 0 aliphatic rings. The van der Waals surface area contributed by atoms with Crippen LogP contribution in [0.3, 0.4) is 0 Å². The number of hydrogen-bond acceptors (Lipinski definition) is 3. The van der Waals surface area contributed by atoms with Crippen LogP contribution < -0.4 is 0 Å². The van der Waals surface area contributed by atoms with Crippen LogP contribution in [0.5, 0.6) is 0 Å². The van der Waals surface area contributed by atoms with Gasteiger partial charge in [0.25, 0.3) is 0 Å². The second-order valence-electron chi connectivity index (χ2n) is 7.01. The summed E-state index contributed by atoms with van der Waals surface area (Å²) >= 11 is 4.13. The summed E-state index contributed by atoms with van der Waals surface area (Å²) in [6, 6.07) is 0. The first-order valence-corrected chi connectivity index (χ1v) is 10.6. The van der Waals surface area contributed by atoms with Crippen LogP contribution in [0, 0.1) is 5.92 Å². The van der Waals surface area contributed by atoms with Gasteiger partial charge in [-0.1, -0.05) is 96.8 Å². The monoisotopic (exact) mass is 346 g/mol. The van der Waals surface area contributed by atoms with Crippen molar-refractivity contribution in [1.82, 2.24) is 0 Å². The lowest BCUT2D eigenvalue weighted by Crippen LogP contribution is -2.19. The summed E-state index contributed by atoms with van der Waals surface area (Å²) in [5.41, 5.74) is -0.545. The highest BCUT2D eigenvalue weighted by Gasteiger charge is 2.14. The van der Waals surface area contributed by atoms with E-state index in [4.69, 9.17) is 4.74 Å². The average molecular weight is 347 g/mol. The van der Waals surface area contributed by atoms with Crippen molar-refractivity contribution in [1.29, 1.82) is 0 Å². The first kappa shape index (κ1) is 23.3. The maximum absolute atomic E-state index is 9.53. The van der Waals surface area contributed by atoms with E-state index >= 15 is 0 Å². The van der Waals surface area contributed by atoms with E-state index in [-0.39, 0.29) is 5.92 Å². The van der Waals surface area contributed by atoms with Gasteiger partial charge in [0.2, 0.25) is 0 Å². The number of rotatable bonds is 18. The maximum Gasteiger partial charge on any atom is 0.101 e. The molecule has 140 valence electrons. The topological polar surface area (TPSA) is 29.5 Å². The Bertz CT molecular complexity index is 222. The predicted octanol–water partition coefficient (Wildman–Crippen LogP) is 6.37. The van der Waals surface area contributed by atoms with Crippen LogP contribution in [0.25, 0.3) is 0 Å². The number of unbranched alkanes of at least 4 members (excludes halogenated alkanes) is 13. The van der Waals surface area contributed by atoms with E-state index < -0.39 is 5.44 Å². The number of hydrogen-bond donors (Lipinski definition) is 2. The molecule has 0 saturated heterocycles. The van der Waals surface area contributed by atoms with Gasteiger partial charge in [0.1, 0.15) is 5.44 Å². The van der Waals surface area contributed by atoms with Crippen molar-refractivity contribution in [2.24, 2.45) is 5.92 Å². The minimum absolute atomic E-state index is 0.181. The molecule has 2 atom stereocenters. The van der Waals surface area contributed by atoms with Crippen LogP contribution in [-0.2, 0) is 4.74 Å². The highest BCUT2D eigenvalue weighted by Crippen LogP contribution is 2.18. The van der Waals surface area contributed by atoms with Gasteiger partial charge in [-0.15, -0.1) is 12.6 Å². The molecule has 0 spiro atoms. The summed E-state index contributed by atoms with van der Waals surface area (Å²) in [5.74, 6) is 0.181. The molecule has 0 saturated carbocycles. The first-order chi connectivity index (χ1) is 11.2. The normalized spacial score (nSPS) is 14.1. The number of ether oxygens (including phenoxy) is 1. The summed E-state index contributed by atoms with van der Waals surface area (Å²) in [6.07, 6.45) is 20.4. The summed E-state index contributed by atoms with van der Waals surface area (Å²) < 4.78 is 5.13. The quantitative estimate of drug-likeness (QED) is 0.171. The third kappa shape index (κ3) is 16.9. The van der Waals surface area contributed by atoms with Gasteiger partial charge < -0.3 is 9.84 Å². The smallest absolute Gasteiger partial charge is 0.101 e. The SMILES string of the molecule is CCCCCCCCCCCCCCCCC(COC)C(O)S. The fraction of sp³-hybridized carbons (Fsp3) is 1.00. The predicted molar refractivity (Wildman–Crippen MR) is 105 cm³/mol. The minimum atomic E-state index is -0.545. The molecule has 0 aromatic rings. The Hall–Kier alpha value is 0.270. The highest BCUT2D eigenvalue weighted by atomic mass is 32.1. The van der Waals surface area contributed by atoms with E-state index in [0.29, 0.717) is 6.61 Å². The zero-order valence-corrected chi connectivity index (χ0v) is 16.7. The fourth-order valence-electron chi connectivity index (χ4n) is 3.13. The Morgan fingerprint density at radius 3 is 1.48 bits per heavy atom. The number of methoxy groups -OCH3 is 1. The number of aliphatic hydroxyl groups is 1. The zero-order valence-electron chi connectivity index (χ0n) is 15.8. The van der Waals surface area contributed by atoms with E-state index in [2.05, 4.69) is 19.6 Å². The average Bonchev–Trinajstić information content (AvgIpc) is 2.54. The molecule has 2 nitrogen and oxygen atoms in total. The van der Waals surface area contributed by atoms with E-state index in [1.807, 2.05) is 0 Å². The molecule has 0 heterocycles. The van der Waals surface area contributed by atoms with Crippen molar-refractivity contribution < 1.29 is 9.84 Å². The molecule has 0 bridgehead atoms. The van der Waals surface area contributed by atoms with Crippen LogP contribution in [0.4, 0.5) is 0 Å². The standard InChI is InChI=1S/C20H42O2S/c1-3-4-5-6-7-8-9-10-11-12-13-14-15-16-17-19(18-22-2)20(21)23/h19-21,23H,3-18H2,1-2H3. The Morgan fingerprint density at radius 2 is 1.13 bits per heavy atom. The highest BCUT2D eigenvalue weighted by molar-refractivity contribution is 7.80. The molecule has 0 aliphatic carbocycles. The summed E-state index contributed by atoms with van der Waals surface area (Å²) in [7, 11) is 1.69. The summed E-state index contributed by atoms with van der Waals surface area (Å²) in [4.78, 5) is 0. The second kappa shape index (κ2) is 18.6. The molecule has 3 heteroatoms. The largest absolute Gasteiger partial charge is 0.384 e. The van der Waals surface area contributed by atoms with Gasteiger partial charge in [0, 0.05) is 13.0 Å². The molecule has 0 rings (SSSR count). The Kier molecular flexibility index (Phi) is 18.8. The van der Waals surface area contributed by atoms with Crippen LogP contribution in [-0.4, -0.2) is 24.3 Å². The van der Waals surface area contributed by atoms with E-state index in [1.165, 1.54) is 89.9 Å². The van der Waals surface area contributed by atoms with Gasteiger partial charge in [-0.05, 0) is 6.42 Å². The van der Waals surface area contributed by atoms with Crippen molar-refractivity contribution in [3.8, 4) is 0 Å². The molecule has 0 aliphatic heterocycles. The minimum Gasteiger partial charge on any atom is -0.384 e. The van der Waals surface area contributed by atoms with E-state index in [0.717, 1.165) is 6.42 Å². The van der Waals surface area contributed by atoms with Crippen molar-refractivity contribution in [2.45, 2.75) is 109 Å². The maximum atomic E-state index is 9.53. The summed E-state index contributed by atoms with van der Waals surface area (Å²) in [5, 5.41) is 9.53. The second-order valence-corrected chi connectivity index (χ2v) is 7.54. The number of aliphatic hydroxyl groups excluding tert-OH is 1. The molecule has 0 aromatic heterocycles. The van der Waals surface area contributed by atoms with E-state index in [1.54, 1.807) is 7.11 Å². The summed E-state index contributed by atoms with van der Waals surface area (Å²) in [6.45, 7) is 2.89. The van der Waals surface area contributed by atoms with Crippen molar-refractivity contribution in [3.05, 3.63) is 0 Å². The van der Waals surface area contributed by atoms with Crippen molar-refractivity contribution in [3.63, 3.8) is 0 Å². The van der Waals surface area contributed by atoms with Crippen LogP contribution in [0.1, 0.15) is 103 Å². The van der Waals surface area contributed by atoms with Gasteiger partial charge >= 0.3 is 0 Å². The molecular formula is C20H42O2S. The molecule has 2 unspecified atom stereocenters. The lowest BCUT2D eigenvalue weighted by Gasteiger charge is -2.17. The van der Waals surface area contributed by atoms with Gasteiger partial charge in [0.05, 0.1) is 6.61 Å². The van der Waals surface area contributed by atoms with E-state index in [9.17, 15) is 5.11 Å². The lowest BCUT2D eigenvalue weighted by atomic mass is 10.0. The molecule has 0 aromatic carbocycles. The van der Waals surface area contributed by atoms with Crippen molar-refractivity contribution >= 4 is 12.6 Å². The molecule has 0 amide bonds. The van der Waals surface area contributed by atoms with Gasteiger partial charge in [-0.2, -0.15) is 0 Å². The third-order valence-corrected chi connectivity index (χ3v) is 5.15. The Morgan fingerprint density at radius 1 is 0.739 bits per heavy atom. The van der Waals surface area contributed by atoms with Gasteiger partial charge in [-0.3, -0.25) is 0 Å². The van der Waals surface area contributed by atoms with Crippen molar-refractivity contribution in [2.75, 3.05) is 13.7 Å². The molecular weight excluding hydrogens is 304 g/mol. The molecule has 1 N–H and O–H groups in total. The lowest BCUT2D eigenvalue weighted by molar-refractivity contribution is 0.0887. The van der Waals surface area contributed by atoms with Crippen LogP contribution in [0.2, 0.25) is 0 Å². The first-order valence-electron chi connectivity index (χ1n) is 10.1.